The van der Waals surface area contributed by atoms with Gasteiger partial charge in [0.2, 0.25) is 0 Å². The molecule has 0 amide bonds. The van der Waals surface area contributed by atoms with Crippen molar-refractivity contribution >= 4 is 22.6 Å². The van der Waals surface area contributed by atoms with Crippen LogP contribution in [0.1, 0.15) is 61.8 Å². The Kier molecular flexibility index (Phi) is 6.20. The van der Waals surface area contributed by atoms with Crippen molar-refractivity contribution in [3.05, 3.63) is 69.9 Å². The molecule has 0 spiro atoms. The highest BCUT2D eigenvalue weighted by Gasteiger charge is 2.13. The highest BCUT2D eigenvalue weighted by atomic mass is 35.5. The SMILES string of the molecule is CCCCc1cccc(CCCC)c1Cc1coc2ccc(Cl)cc12. The van der Waals surface area contributed by atoms with E-state index in [4.69, 9.17) is 16.0 Å². The molecule has 132 valence electrons. The standard InChI is InChI=1S/C23H27ClO/c1-3-5-8-17-10-7-11-18(9-6-4-2)21(17)14-19-16-25-23-13-12-20(24)15-22(19)23/h7,10-13,15-16H,3-6,8-9,14H2,1-2H3. The van der Waals surface area contributed by atoms with Gasteiger partial charge in [0.15, 0.2) is 0 Å². The Hall–Kier alpha value is -1.73. The Morgan fingerprint density at radius 2 is 1.56 bits per heavy atom. The number of aryl methyl sites for hydroxylation is 2. The zero-order valence-corrected chi connectivity index (χ0v) is 16.0. The average molecular weight is 355 g/mol. The van der Waals surface area contributed by atoms with Gasteiger partial charge in [-0.3, -0.25) is 0 Å². The van der Waals surface area contributed by atoms with Crippen LogP contribution in [0.3, 0.4) is 0 Å². The first-order valence-electron chi connectivity index (χ1n) is 9.48. The fourth-order valence-corrected chi connectivity index (χ4v) is 3.67. The van der Waals surface area contributed by atoms with Crippen LogP contribution in [0.15, 0.2) is 47.1 Å². The highest BCUT2D eigenvalue weighted by molar-refractivity contribution is 6.31. The molecule has 1 heterocycles. The number of rotatable bonds is 8. The van der Waals surface area contributed by atoms with Gasteiger partial charge in [0.05, 0.1) is 6.26 Å². The molecule has 0 aliphatic heterocycles. The summed E-state index contributed by atoms with van der Waals surface area (Å²) in [6.45, 7) is 4.51. The maximum Gasteiger partial charge on any atom is 0.134 e. The zero-order chi connectivity index (χ0) is 17.6. The number of hydrogen-bond donors (Lipinski definition) is 0. The largest absolute Gasteiger partial charge is 0.464 e. The molecule has 0 bridgehead atoms. The summed E-state index contributed by atoms with van der Waals surface area (Å²) in [5, 5.41) is 1.90. The van der Waals surface area contributed by atoms with E-state index in [1.165, 1.54) is 47.9 Å². The smallest absolute Gasteiger partial charge is 0.134 e. The van der Waals surface area contributed by atoms with E-state index < -0.39 is 0 Å². The fraction of sp³-hybridized carbons (Fsp3) is 0.391. The topological polar surface area (TPSA) is 13.1 Å². The molecule has 0 aliphatic carbocycles. The summed E-state index contributed by atoms with van der Waals surface area (Å²) in [7, 11) is 0. The van der Waals surface area contributed by atoms with Crippen molar-refractivity contribution < 1.29 is 4.42 Å². The van der Waals surface area contributed by atoms with Crippen molar-refractivity contribution in [1.29, 1.82) is 0 Å². The van der Waals surface area contributed by atoms with Crippen molar-refractivity contribution in [3.8, 4) is 0 Å². The van der Waals surface area contributed by atoms with E-state index in [9.17, 15) is 0 Å². The van der Waals surface area contributed by atoms with Crippen LogP contribution in [0, 0.1) is 0 Å². The quantitative estimate of drug-likeness (QED) is 0.411. The number of unbranched alkanes of at least 4 members (excludes halogenated alkanes) is 2. The van der Waals surface area contributed by atoms with Crippen molar-refractivity contribution in [2.24, 2.45) is 0 Å². The predicted molar refractivity (Wildman–Crippen MR) is 108 cm³/mol. The maximum absolute atomic E-state index is 6.21. The van der Waals surface area contributed by atoms with Gasteiger partial charge in [-0.15, -0.1) is 0 Å². The van der Waals surface area contributed by atoms with Crippen LogP contribution in [-0.4, -0.2) is 0 Å². The average Bonchev–Trinajstić information content (AvgIpc) is 3.01. The Bertz CT molecular complexity index is 805. The third kappa shape index (κ3) is 4.27. The third-order valence-electron chi connectivity index (χ3n) is 4.95. The van der Waals surface area contributed by atoms with E-state index in [2.05, 4.69) is 32.0 Å². The minimum absolute atomic E-state index is 0.764. The zero-order valence-electron chi connectivity index (χ0n) is 15.3. The molecule has 3 aromatic rings. The third-order valence-corrected chi connectivity index (χ3v) is 5.19. The van der Waals surface area contributed by atoms with Gasteiger partial charge in [0.25, 0.3) is 0 Å². The lowest BCUT2D eigenvalue weighted by atomic mass is 9.90. The molecule has 0 fully saturated rings. The second-order valence-corrected chi connectivity index (χ2v) is 7.28. The number of halogens is 1. The molecule has 0 saturated heterocycles. The molecule has 25 heavy (non-hydrogen) atoms. The normalized spacial score (nSPS) is 11.3. The Balaban J connectivity index is 1.99. The van der Waals surface area contributed by atoms with E-state index >= 15 is 0 Å². The molecule has 2 aromatic carbocycles. The fourth-order valence-electron chi connectivity index (χ4n) is 3.50. The van der Waals surface area contributed by atoms with Crippen molar-refractivity contribution in [2.45, 2.75) is 58.8 Å². The van der Waals surface area contributed by atoms with Crippen molar-refractivity contribution in [2.75, 3.05) is 0 Å². The van der Waals surface area contributed by atoms with E-state index in [0.29, 0.717) is 0 Å². The molecular weight excluding hydrogens is 328 g/mol. The number of furan rings is 1. The molecule has 0 radical (unpaired) electrons. The van der Waals surface area contributed by atoms with Crippen molar-refractivity contribution in [1.82, 2.24) is 0 Å². The summed E-state index contributed by atoms with van der Waals surface area (Å²) < 4.78 is 5.76. The highest BCUT2D eigenvalue weighted by Crippen LogP contribution is 2.29. The first-order valence-corrected chi connectivity index (χ1v) is 9.86. The monoisotopic (exact) mass is 354 g/mol. The van der Waals surface area contributed by atoms with E-state index in [1.807, 2.05) is 24.5 Å². The number of hydrogen-bond acceptors (Lipinski definition) is 1. The maximum atomic E-state index is 6.21. The minimum atomic E-state index is 0.764. The summed E-state index contributed by atoms with van der Waals surface area (Å²) >= 11 is 6.21. The lowest BCUT2D eigenvalue weighted by molar-refractivity contribution is 0.611. The molecule has 0 N–H and O–H groups in total. The lowest BCUT2D eigenvalue weighted by Gasteiger charge is -2.15. The first kappa shape index (κ1) is 18.1. The van der Waals surface area contributed by atoms with Gasteiger partial charge >= 0.3 is 0 Å². The van der Waals surface area contributed by atoms with Gasteiger partial charge in [0, 0.05) is 22.4 Å². The van der Waals surface area contributed by atoms with Crippen LogP contribution in [0.4, 0.5) is 0 Å². The second kappa shape index (κ2) is 8.58. The summed E-state index contributed by atoms with van der Waals surface area (Å²) in [6, 6.07) is 12.7. The van der Waals surface area contributed by atoms with Crippen LogP contribution in [-0.2, 0) is 19.3 Å². The molecule has 1 aromatic heterocycles. The summed E-state index contributed by atoms with van der Waals surface area (Å²) in [5.41, 5.74) is 6.63. The predicted octanol–water partition coefficient (Wildman–Crippen LogP) is 7.36. The van der Waals surface area contributed by atoms with Gasteiger partial charge in [-0.2, -0.15) is 0 Å². The van der Waals surface area contributed by atoms with Gasteiger partial charge in [-0.1, -0.05) is 56.5 Å². The molecule has 0 unspecified atom stereocenters. The molecule has 1 nitrogen and oxygen atoms in total. The molecular formula is C23H27ClO. The number of benzene rings is 2. The molecule has 0 atom stereocenters. The van der Waals surface area contributed by atoms with E-state index in [0.717, 1.165) is 35.3 Å². The van der Waals surface area contributed by atoms with Gasteiger partial charge in [-0.25, -0.2) is 0 Å². The summed E-state index contributed by atoms with van der Waals surface area (Å²) in [6.07, 6.45) is 10.1. The summed E-state index contributed by atoms with van der Waals surface area (Å²) in [4.78, 5) is 0. The van der Waals surface area contributed by atoms with E-state index in [1.54, 1.807) is 0 Å². The first-order chi connectivity index (χ1) is 12.2. The van der Waals surface area contributed by atoms with Crippen LogP contribution in [0.5, 0.6) is 0 Å². The summed E-state index contributed by atoms with van der Waals surface area (Å²) in [5.74, 6) is 0. The Morgan fingerprint density at radius 3 is 2.20 bits per heavy atom. The number of fused-ring (bicyclic) bond motifs is 1. The molecule has 3 rings (SSSR count). The lowest BCUT2D eigenvalue weighted by Crippen LogP contribution is -2.02. The molecule has 2 heteroatoms. The van der Waals surface area contributed by atoms with Crippen molar-refractivity contribution in [3.63, 3.8) is 0 Å². The Morgan fingerprint density at radius 1 is 0.880 bits per heavy atom. The van der Waals surface area contributed by atoms with Gasteiger partial charge in [-0.05, 0) is 60.6 Å². The van der Waals surface area contributed by atoms with E-state index in [-0.39, 0.29) is 0 Å². The van der Waals surface area contributed by atoms with Crippen LogP contribution in [0.25, 0.3) is 11.0 Å². The Labute approximate surface area is 156 Å². The molecule has 0 aliphatic rings. The van der Waals surface area contributed by atoms with Crippen LogP contribution >= 0.6 is 11.6 Å². The second-order valence-electron chi connectivity index (χ2n) is 6.84. The minimum Gasteiger partial charge on any atom is -0.464 e. The van der Waals surface area contributed by atoms with Crippen LogP contribution in [0.2, 0.25) is 5.02 Å². The van der Waals surface area contributed by atoms with Gasteiger partial charge in [0.1, 0.15) is 5.58 Å². The van der Waals surface area contributed by atoms with Crippen LogP contribution < -0.4 is 0 Å². The van der Waals surface area contributed by atoms with Gasteiger partial charge < -0.3 is 4.42 Å². The molecule has 0 saturated carbocycles.